The van der Waals surface area contributed by atoms with Gasteiger partial charge in [-0.3, -0.25) is 9.59 Å². The molecular weight excluding hydrogens is 578 g/mol. The third kappa shape index (κ3) is 10.5. The first kappa shape index (κ1) is 34.8. The number of aryl methyl sites for hydroxylation is 1. The van der Waals surface area contributed by atoms with Crippen LogP contribution >= 0.6 is 0 Å². The smallest absolute Gasteiger partial charge is 0.408 e. The lowest BCUT2D eigenvalue weighted by Gasteiger charge is -2.29. The van der Waals surface area contributed by atoms with E-state index in [-0.39, 0.29) is 25.6 Å². The number of anilines is 1. The summed E-state index contributed by atoms with van der Waals surface area (Å²) in [4.78, 5) is 56.4. The van der Waals surface area contributed by atoms with Gasteiger partial charge in [-0.05, 0) is 65.2 Å². The average Bonchev–Trinajstić information content (AvgIpc) is 3.40. The molecule has 0 saturated heterocycles. The van der Waals surface area contributed by atoms with Crippen LogP contribution in [0.25, 0.3) is 0 Å². The second-order valence-corrected chi connectivity index (χ2v) is 12.0. The third-order valence-electron chi connectivity index (χ3n) is 6.54. The largest absolute Gasteiger partial charge is 0.464 e. The van der Waals surface area contributed by atoms with Gasteiger partial charge >= 0.3 is 12.1 Å². The highest BCUT2D eigenvalue weighted by Crippen LogP contribution is 2.25. The number of alkyl carbamates (subject to hydrolysis) is 1. The van der Waals surface area contributed by atoms with Gasteiger partial charge in [-0.15, -0.1) is 0 Å². The number of rotatable bonds is 13. The van der Waals surface area contributed by atoms with E-state index in [0.717, 1.165) is 16.7 Å². The summed E-state index contributed by atoms with van der Waals surface area (Å²) in [5, 5.41) is 7.92. The van der Waals surface area contributed by atoms with E-state index in [9.17, 15) is 19.2 Å². The summed E-state index contributed by atoms with van der Waals surface area (Å²) in [5.74, 6) is -1.57. The molecule has 45 heavy (non-hydrogen) atoms. The SMILES string of the molecule is CCOC(=O)C(c1ccccc1C)n1cnc(NC(=O)C(COCc2ccccc2)NC(=O)C(C)(C)NC(=O)OC(C)(C)C)c1. The number of carbonyl (C=O) groups excluding carboxylic acids is 4. The van der Waals surface area contributed by atoms with Crippen molar-refractivity contribution in [1.29, 1.82) is 0 Å². The van der Waals surface area contributed by atoms with Crippen LogP contribution in [-0.2, 0) is 35.2 Å². The number of benzene rings is 2. The van der Waals surface area contributed by atoms with Crippen LogP contribution in [0.4, 0.5) is 10.6 Å². The van der Waals surface area contributed by atoms with Crippen LogP contribution in [0.5, 0.6) is 0 Å². The minimum absolute atomic E-state index is 0.149. The first-order valence-electron chi connectivity index (χ1n) is 14.7. The van der Waals surface area contributed by atoms with Crippen LogP contribution in [0.15, 0.2) is 67.1 Å². The van der Waals surface area contributed by atoms with E-state index >= 15 is 0 Å². The van der Waals surface area contributed by atoms with Crippen LogP contribution in [0.2, 0.25) is 0 Å². The molecule has 0 aliphatic heterocycles. The van der Waals surface area contributed by atoms with Crippen molar-refractivity contribution >= 4 is 29.7 Å². The number of carbonyl (C=O) groups is 4. The highest BCUT2D eigenvalue weighted by molar-refractivity contribution is 5.98. The molecule has 3 amide bonds. The zero-order chi connectivity index (χ0) is 33.2. The number of amides is 3. The Balaban J connectivity index is 1.79. The summed E-state index contributed by atoms with van der Waals surface area (Å²) in [5.41, 5.74) is 0.303. The van der Waals surface area contributed by atoms with Gasteiger partial charge in [0.15, 0.2) is 11.9 Å². The van der Waals surface area contributed by atoms with Crippen LogP contribution < -0.4 is 16.0 Å². The maximum Gasteiger partial charge on any atom is 0.408 e. The molecule has 2 aromatic carbocycles. The Bertz CT molecular complexity index is 1460. The second-order valence-electron chi connectivity index (χ2n) is 12.0. The van der Waals surface area contributed by atoms with Crippen molar-refractivity contribution < 1.29 is 33.4 Å². The summed E-state index contributed by atoms with van der Waals surface area (Å²) < 4.78 is 18.0. The molecule has 0 spiro atoms. The Hall–Kier alpha value is -4.71. The van der Waals surface area contributed by atoms with Gasteiger partial charge in [0.05, 0.1) is 26.1 Å². The molecule has 3 aromatic rings. The minimum atomic E-state index is -1.43. The quantitative estimate of drug-likeness (QED) is 0.239. The Morgan fingerprint density at radius 2 is 1.62 bits per heavy atom. The van der Waals surface area contributed by atoms with Crippen molar-refractivity contribution in [3.05, 3.63) is 83.8 Å². The van der Waals surface area contributed by atoms with Gasteiger partial charge in [0.2, 0.25) is 5.91 Å². The highest BCUT2D eigenvalue weighted by Gasteiger charge is 2.35. The van der Waals surface area contributed by atoms with Crippen LogP contribution in [0.1, 0.15) is 64.3 Å². The molecule has 0 fully saturated rings. The normalized spacial score (nSPS) is 12.9. The molecule has 0 aliphatic rings. The number of esters is 1. The molecule has 12 heteroatoms. The highest BCUT2D eigenvalue weighted by atomic mass is 16.6. The number of imidazole rings is 1. The molecule has 1 aromatic heterocycles. The maximum atomic E-state index is 13.5. The fourth-order valence-corrected chi connectivity index (χ4v) is 4.29. The van der Waals surface area contributed by atoms with E-state index < -0.39 is 47.1 Å². The van der Waals surface area contributed by atoms with Crippen LogP contribution in [0.3, 0.4) is 0 Å². The molecule has 12 nitrogen and oxygen atoms in total. The monoisotopic (exact) mass is 621 g/mol. The van der Waals surface area contributed by atoms with E-state index in [2.05, 4.69) is 20.9 Å². The van der Waals surface area contributed by atoms with E-state index in [1.807, 2.05) is 61.5 Å². The first-order chi connectivity index (χ1) is 21.2. The molecule has 3 N–H and O–H groups in total. The van der Waals surface area contributed by atoms with Gasteiger partial charge in [0, 0.05) is 6.20 Å². The van der Waals surface area contributed by atoms with Gasteiger partial charge in [-0.1, -0.05) is 54.6 Å². The fraction of sp³-hybridized carbons (Fsp3) is 0.424. The van der Waals surface area contributed by atoms with Gasteiger partial charge in [-0.25, -0.2) is 14.6 Å². The van der Waals surface area contributed by atoms with Crippen LogP contribution in [-0.4, -0.2) is 63.8 Å². The Kier molecular flexibility index (Phi) is 11.9. The molecule has 242 valence electrons. The number of hydrogen-bond acceptors (Lipinski definition) is 8. The second kappa shape index (κ2) is 15.3. The van der Waals surface area contributed by atoms with Crippen molar-refractivity contribution in [2.45, 2.75) is 78.3 Å². The predicted octanol–water partition coefficient (Wildman–Crippen LogP) is 4.29. The summed E-state index contributed by atoms with van der Waals surface area (Å²) in [7, 11) is 0. The van der Waals surface area contributed by atoms with E-state index in [1.165, 1.54) is 26.4 Å². The first-order valence-corrected chi connectivity index (χ1v) is 14.7. The standard InChI is InChI=1S/C33H43N5O7/c1-8-44-29(40)27(24-17-13-12-14-22(24)2)38-18-26(34-21-38)36-28(39)25(20-43-19-23-15-10-9-11-16-23)35-30(41)33(6,7)37-31(42)45-32(3,4)5/h9-18,21,25,27H,8,19-20H2,1-7H3,(H,35,41)(H,36,39)(H,37,42). The molecule has 0 aliphatic carbocycles. The molecule has 1 heterocycles. The maximum absolute atomic E-state index is 13.5. The summed E-state index contributed by atoms with van der Waals surface area (Å²) >= 11 is 0. The molecule has 2 atom stereocenters. The van der Waals surface area contributed by atoms with Gasteiger partial charge < -0.3 is 34.7 Å². The van der Waals surface area contributed by atoms with E-state index in [4.69, 9.17) is 14.2 Å². The van der Waals surface area contributed by atoms with Crippen molar-refractivity contribution in [3.8, 4) is 0 Å². The Labute approximate surface area is 263 Å². The van der Waals surface area contributed by atoms with Gasteiger partial charge in [0.25, 0.3) is 5.91 Å². The zero-order valence-electron chi connectivity index (χ0n) is 26.9. The van der Waals surface area contributed by atoms with Crippen molar-refractivity contribution in [2.24, 2.45) is 0 Å². The lowest BCUT2D eigenvalue weighted by atomic mass is 10.0. The molecule has 2 unspecified atom stereocenters. The topological polar surface area (TPSA) is 150 Å². The van der Waals surface area contributed by atoms with Crippen molar-refractivity contribution in [3.63, 3.8) is 0 Å². The van der Waals surface area contributed by atoms with Gasteiger partial charge in [-0.2, -0.15) is 0 Å². The molecule has 0 saturated carbocycles. The summed E-state index contributed by atoms with van der Waals surface area (Å²) in [6, 6.07) is 14.8. The van der Waals surface area contributed by atoms with Crippen LogP contribution in [0, 0.1) is 6.92 Å². The van der Waals surface area contributed by atoms with Crippen molar-refractivity contribution in [1.82, 2.24) is 20.2 Å². The average molecular weight is 622 g/mol. The molecule has 0 radical (unpaired) electrons. The number of hydrogen-bond donors (Lipinski definition) is 3. The lowest BCUT2D eigenvalue weighted by Crippen LogP contribution is -2.59. The fourth-order valence-electron chi connectivity index (χ4n) is 4.29. The number of nitrogens with one attached hydrogen (secondary N) is 3. The summed E-state index contributed by atoms with van der Waals surface area (Å²) in [6.07, 6.45) is 2.17. The molecule has 3 rings (SSSR count). The number of ether oxygens (including phenoxy) is 3. The Morgan fingerprint density at radius 1 is 0.956 bits per heavy atom. The summed E-state index contributed by atoms with van der Waals surface area (Å²) in [6.45, 7) is 12.0. The minimum Gasteiger partial charge on any atom is -0.464 e. The molecule has 0 bridgehead atoms. The number of aromatic nitrogens is 2. The van der Waals surface area contributed by atoms with E-state index in [1.54, 1.807) is 32.3 Å². The van der Waals surface area contributed by atoms with Crippen molar-refractivity contribution in [2.75, 3.05) is 18.5 Å². The van der Waals surface area contributed by atoms with Gasteiger partial charge in [0.1, 0.15) is 17.2 Å². The van der Waals surface area contributed by atoms with E-state index in [0.29, 0.717) is 0 Å². The number of nitrogens with zero attached hydrogens (tertiary/aromatic N) is 2. The Morgan fingerprint density at radius 3 is 2.27 bits per heavy atom. The third-order valence-corrected chi connectivity index (χ3v) is 6.54. The lowest BCUT2D eigenvalue weighted by molar-refractivity contribution is -0.145. The molecular formula is C33H43N5O7. The predicted molar refractivity (Wildman–Crippen MR) is 168 cm³/mol. The zero-order valence-corrected chi connectivity index (χ0v) is 26.9.